The molecular formula is C14H20ClIN2O2. The Labute approximate surface area is 138 Å². The molecule has 4 nitrogen and oxygen atoms in total. The fourth-order valence-electron chi connectivity index (χ4n) is 2.88. The summed E-state index contributed by atoms with van der Waals surface area (Å²) in [6.45, 7) is 2.68. The average molecular weight is 411 g/mol. The normalized spacial score (nSPS) is 26.8. The lowest BCUT2D eigenvalue weighted by molar-refractivity contribution is -0.0649. The summed E-state index contributed by atoms with van der Waals surface area (Å²) in [5.74, 6) is 1.31. The quantitative estimate of drug-likeness (QED) is 0.557. The van der Waals surface area contributed by atoms with Crippen molar-refractivity contribution in [3.8, 4) is 0 Å². The van der Waals surface area contributed by atoms with Crippen LogP contribution in [0.2, 0.25) is 5.15 Å². The molecule has 0 amide bonds. The molecule has 2 rings (SSSR count). The van der Waals surface area contributed by atoms with E-state index in [2.05, 4.69) is 39.5 Å². The molecule has 1 aromatic rings. The van der Waals surface area contributed by atoms with Crippen LogP contribution in [0.5, 0.6) is 0 Å². The minimum Gasteiger partial charge on any atom is -0.378 e. The molecule has 2 unspecified atom stereocenters. The van der Waals surface area contributed by atoms with E-state index in [0.717, 1.165) is 28.5 Å². The van der Waals surface area contributed by atoms with Crippen LogP contribution in [0.15, 0.2) is 0 Å². The van der Waals surface area contributed by atoms with Crippen molar-refractivity contribution >= 4 is 34.2 Å². The Balaban J connectivity index is 2.44. The summed E-state index contributed by atoms with van der Waals surface area (Å²) < 4.78 is 11.9. The second-order valence-corrected chi connectivity index (χ2v) is 6.87. The molecule has 0 N–H and O–H groups in total. The Morgan fingerprint density at radius 3 is 2.75 bits per heavy atom. The zero-order chi connectivity index (χ0) is 14.8. The van der Waals surface area contributed by atoms with E-state index in [-0.39, 0.29) is 0 Å². The van der Waals surface area contributed by atoms with Crippen LogP contribution in [0.1, 0.15) is 44.1 Å². The van der Waals surface area contributed by atoms with Crippen LogP contribution in [-0.4, -0.2) is 24.2 Å². The van der Waals surface area contributed by atoms with Gasteiger partial charge in [-0.15, -0.1) is 0 Å². The van der Waals surface area contributed by atoms with Crippen LogP contribution < -0.4 is 0 Å². The number of methoxy groups -OCH3 is 2. The highest BCUT2D eigenvalue weighted by Gasteiger charge is 2.40. The number of ether oxygens (including phenoxy) is 2. The van der Waals surface area contributed by atoms with Gasteiger partial charge in [-0.25, -0.2) is 9.97 Å². The van der Waals surface area contributed by atoms with E-state index >= 15 is 0 Å². The zero-order valence-electron chi connectivity index (χ0n) is 12.1. The van der Waals surface area contributed by atoms with E-state index < -0.39 is 5.60 Å². The molecule has 1 heterocycles. The van der Waals surface area contributed by atoms with Crippen LogP contribution in [0, 0.1) is 9.49 Å². The summed E-state index contributed by atoms with van der Waals surface area (Å²) in [6, 6.07) is 0. The highest BCUT2D eigenvalue weighted by Crippen LogP contribution is 2.41. The minimum absolute atomic E-state index is 0.409. The van der Waals surface area contributed by atoms with Crippen LogP contribution in [0.25, 0.3) is 0 Å². The first-order chi connectivity index (χ1) is 9.52. The lowest BCUT2D eigenvalue weighted by Gasteiger charge is -2.37. The number of halogens is 2. The van der Waals surface area contributed by atoms with Crippen molar-refractivity contribution in [2.45, 2.75) is 44.8 Å². The Kier molecular flexibility index (Phi) is 5.62. The number of hydrogen-bond acceptors (Lipinski definition) is 4. The fraction of sp³-hybridized carbons (Fsp3) is 0.714. The Hall–Kier alpha value is 0.0200. The molecule has 6 heteroatoms. The summed E-state index contributed by atoms with van der Waals surface area (Å²) in [5.41, 5.74) is 0.423. The third-order valence-electron chi connectivity index (χ3n) is 3.91. The molecule has 0 aromatic carbocycles. The molecule has 1 aromatic heterocycles. The van der Waals surface area contributed by atoms with Crippen molar-refractivity contribution in [3.63, 3.8) is 0 Å². The lowest BCUT2D eigenvalue weighted by Crippen LogP contribution is -2.36. The molecule has 0 spiro atoms. The van der Waals surface area contributed by atoms with Crippen LogP contribution in [0.3, 0.4) is 0 Å². The molecule has 20 heavy (non-hydrogen) atoms. The maximum Gasteiger partial charge on any atom is 0.162 e. The van der Waals surface area contributed by atoms with E-state index in [1.54, 1.807) is 14.2 Å². The predicted octanol–water partition coefficient (Wildman–Crippen LogP) is 3.93. The number of hydrogen-bond donors (Lipinski definition) is 0. The van der Waals surface area contributed by atoms with Crippen molar-refractivity contribution in [2.24, 2.45) is 5.92 Å². The van der Waals surface area contributed by atoms with Crippen molar-refractivity contribution < 1.29 is 9.47 Å². The molecule has 0 bridgehead atoms. The largest absolute Gasteiger partial charge is 0.378 e. The Bertz CT molecular complexity index is 486. The summed E-state index contributed by atoms with van der Waals surface area (Å²) in [4.78, 5) is 9.15. The van der Waals surface area contributed by atoms with E-state index in [4.69, 9.17) is 21.1 Å². The zero-order valence-corrected chi connectivity index (χ0v) is 15.0. The van der Waals surface area contributed by atoms with Crippen molar-refractivity contribution in [1.82, 2.24) is 9.97 Å². The predicted molar refractivity (Wildman–Crippen MR) is 86.8 cm³/mol. The van der Waals surface area contributed by atoms with Gasteiger partial charge in [0.2, 0.25) is 0 Å². The van der Waals surface area contributed by atoms with Crippen LogP contribution >= 0.6 is 34.2 Å². The summed E-state index contributed by atoms with van der Waals surface area (Å²) in [7, 11) is 3.39. The van der Waals surface area contributed by atoms with Gasteiger partial charge in [-0.1, -0.05) is 24.9 Å². The monoisotopic (exact) mass is 410 g/mol. The SMILES string of the molecule is COCc1nc(C2(OC)CCCC(C)C2)nc(Cl)c1I. The molecule has 1 fully saturated rings. The van der Waals surface area contributed by atoms with Crippen molar-refractivity contribution in [2.75, 3.05) is 14.2 Å². The Morgan fingerprint density at radius 1 is 1.40 bits per heavy atom. The highest BCUT2D eigenvalue weighted by atomic mass is 127. The molecule has 2 atom stereocenters. The molecule has 0 radical (unpaired) electrons. The first kappa shape index (κ1) is 16.4. The van der Waals surface area contributed by atoms with Gasteiger partial charge in [0.25, 0.3) is 0 Å². The van der Waals surface area contributed by atoms with Crippen LogP contribution in [0.4, 0.5) is 0 Å². The summed E-state index contributed by atoms with van der Waals surface area (Å²) in [5, 5.41) is 0.484. The first-order valence-electron chi connectivity index (χ1n) is 6.79. The van der Waals surface area contributed by atoms with Crippen molar-refractivity contribution in [3.05, 3.63) is 20.2 Å². The highest BCUT2D eigenvalue weighted by molar-refractivity contribution is 14.1. The van der Waals surface area contributed by atoms with E-state index in [1.807, 2.05) is 0 Å². The Morgan fingerprint density at radius 2 is 2.15 bits per heavy atom. The van der Waals surface area contributed by atoms with Gasteiger partial charge < -0.3 is 9.47 Å². The maximum atomic E-state index is 6.26. The molecular weight excluding hydrogens is 391 g/mol. The fourth-order valence-corrected chi connectivity index (χ4v) is 3.47. The van der Waals surface area contributed by atoms with Gasteiger partial charge in [-0.3, -0.25) is 0 Å². The lowest BCUT2D eigenvalue weighted by atomic mass is 9.78. The molecule has 1 aliphatic rings. The van der Waals surface area contributed by atoms with Crippen molar-refractivity contribution in [1.29, 1.82) is 0 Å². The van der Waals surface area contributed by atoms with Gasteiger partial charge in [-0.05, 0) is 47.8 Å². The third-order valence-corrected chi connectivity index (χ3v) is 5.64. The van der Waals surface area contributed by atoms with E-state index in [9.17, 15) is 0 Å². The van der Waals surface area contributed by atoms with Gasteiger partial charge in [0.15, 0.2) is 5.82 Å². The van der Waals surface area contributed by atoms with Gasteiger partial charge in [0.05, 0.1) is 15.9 Å². The molecule has 0 saturated heterocycles. The van der Waals surface area contributed by atoms with Gasteiger partial charge in [-0.2, -0.15) is 0 Å². The smallest absolute Gasteiger partial charge is 0.162 e. The van der Waals surface area contributed by atoms with Gasteiger partial charge in [0, 0.05) is 14.2 Å². The standard InChI is InChI=1S/C14H20ClIN2O2/c1-9-5-4-6-14(7-9,20-3)13-17-10(8-19-2)11(16)12(15)18-13/h9H,4-8H2,1-3H3. The maximum absolute atomic E-state index is 6.26. The van der Waals surface area contributed by atoms with Crippen LogP contribution in [-0.2, 0) is 21.7 Å². The third kappa shape index (κ3) is 3.26. The first-order valence-corrected chi connectivity index (χ1v) is 8.24. The molecule has 112 valence electrons. The van der Waals surface area contributed by atoms with Gasteiger partial charge >= 0.3 is 0 Å². The van der Waals surface area contributed by atoms with Gasteiger partial charge in [0.1, 0.15) is 10.8 Å². The second-order valence-electron chi connectivity index (χ2n) is 5.43. The average Bonchev–Trinajstić information content (AvgIpc) is 2.43. The number of nitrogens with zero attached hydrogens (tertiary/aromatic N) is 2. The number of rotatable bonds is 4. The summed E-state index contributed by atoms with van der Waals surface area (Å²) >= 11 is 8.42. The molecule has 1 aliphatic carbocycles. The van der Waals surface area contributed by atoms with E-state index in [0.29, 0.717) is 23.5 Å². The summed E-state index contributed by atoms with van der Waals surface area (Å²) in [6.07, 6.45) is 4.24. The molecule has 0 aliphatic heterocycles. The minimum atomic E-state index is -0.409. The topological polar surface area (TPSA) is 44.2 Å². The molecule has 1 saturated carbocycles. The second kappa shape index (κ2) is 6.85. The van der Waals surface area contributed by atoms with E-state index in [1.165, 1.54) is 6.42 Å². The number of aromatic nitrogens is 2.